The molecule has 0 fully saturated rings. The average molecular weight is 327 g/mol. The van der Waals surface area contributed by atoms with Gasteiger partial charge in [-0.05, 0) is 18.2 Å². The maximum Gasteiger partial charge on any atom is 0.251 e. The Hall–Kier alpha value is -0.590. The van der Waals surface area contributed by atoms with Crippen molar-refractivity contribution in [3.63, 3.8) is 0 Å². The Bertz CT molecular complexity index is 489. The van der Waals surface area contributed by atoms with Crippen LogP contribution in [0.1, 0.15) is 10.4 Å². The second-order valence-electron chi connectivity index (χ2n) is 3.01. The largest absolute Gasteiger partial charge is 0.351 e. The van der Waals surface area contributed by atoms with Crippen LogP contribution < -0.4 is 5.32 Å². The molecule has 88 valence electrons. The van der Waals surface area contributed by atoms with Gasteiger partial charge in [0.2, 0.25) is 9.05 Å². The highest BCUT2D eigenvalue weighted by Crippen LogP contribution is 2.11. The molecule has 0 aromatic heterocycles. The third kappa shape index (κ3) is 4.96. The number of hydrogen-bond donors (Lipinski definition) is 1. The van der Waals surface area contributed by atoms with Crippen molar-refractivity contribution in [1.82, 2.24) is 5.32 Å². The molecule has 0 bridgehead atoms. The zero-order valence-corrected chi connectivity index (χ0v) is 11.3. The van der Waals surface area contributed by atoms with Crippen molar-refractivity contribution in [1.29, 1.82) is 0 Å². The number of rotatable bonds is 4. The van der Waals surface area contributed by atoms with Gasteiger partial charge >= 0.3 is 0 Å². The second kappa shape index (κ2) is 5.65. The summed E-state index contributed by atoms with van der Waals surface area (Å²) in [4.78, 5) is 11.5. The molecule has 0 aliphatic rings. The van der Waals surface area contributed by atoms with Crippen LogP contribution in [0.4, 0.5) is 0 Å². The molecule has 1 aromatic carbocycles. The first-order valence-electron chi connectivity index (χ1n) is 4.34. The van der Waals surface area contributed by atoms with Gasteiger partial charge in [-0.1, -0.05) is 22.0 Å². The summed E-state index contributed by atoms with van der Waals surface area (Å²) < 4.78 is 22.0. The van der Waals surface area contributed by atoms with Crippen LogP contribution in [0.5, 0.6) is 0 Å². The summed E-state index contributed by atoms with van der Waals surface area (Å²) in [7, 11) is 1.44. The molecule has 4 nitrogen and oxygen atoms in total. The smallest absolute Gasteiger partial charge is 0.251 e. The summed E-state index contributed by atoms with van der Waals surface area (Å²) in [6.45, 7) is -0.00280. The van der Waals surface area contributed by atoms with Gasteiger partial charge in [0.1, 0.15) is 0 Å². The van der Waals surface area contributed by atoms with Gasteiger partial charge in [0.25, 0.3) is 5.91 Å². The van der Waals surface area contributed by atoms with Gasteiger partial charge in [-0.25, -0.2) is 8.42 Å². The van der Waals surface area contributed by atoms with E-state index in [4.69, 9.17) is 10.7 Å². The molecular formula is C9H9BrClNO3S. The number of carbonyl (C=O) groups excluding carboxylic acids is 1. The summed E-state index contributed by atoms with van der Waals surface area (Å²) >= 11 is 3.23. The number of nitrogens with one attached hydrogen (secondary N) is 1. The van der Waals surface area contributed by atoms with E-state index in [1.165, 1.54) is 0 Å². The zero-order valence-electron chi connectivity index (χ0n) is 8.11. The minimum atomic E-state index is -3.56. The molecule has 0 spiro atoms. The lowest BCUT2D eigenvalue weighted by molar-refractivity contribution is 0.0956. The van der Waals surface area contributed by atoms with Crippen LogP contribution in [-0.2, 0) is 9.05 Å². The Labute approximate surface area is 107 Å². The Kier molecular flexibility index (Phi) is 4.76. The SMILES string of the molecule is O=C(NCCS(=O)(=O)Cl)c1cccc(Br)c1. The Morgan fingerprint density at radius 3 is 2.69 bits per heavy atom. The van der Waals surface area contributed by atoms with Crippen molar-refractivity contribution in [2.24, 2.45) is 0 Å². The Balaban J connectivity index is 2.54. The van der Waals surface area contributed by atoms with E-state index in [1.54, 1.807) is 24.3 Å². The predicted octanol–water partition coefficient (Wildman–Crippen LogP) is 1.75. The quantitative estimate of drug-likeness (QED) is 0.857. The van der Waals surface area contributed by atoms with E-state index < -0.39 is 9.05 Å². The van der Waals surface area contributed by atoms with Crippen molar-refractivity contribution < 1.29 is 13.2 Å². The van der Waals surface area contributed by atoms with Gasteiger partial charge in [0, 0.05) is 27.3 Å². The standard InChI is InChI=1S/C9H9BrClNO3S/c10-8-3-1-2-7(6-8)9(13)12-4-5-16(11,14)15/h1-3,6H,4-5H2,(H,12,13). The van der Waals surface area contributed by atoms with Crippen LogP contribution >= 0.6 is 26.6 Å². The van der Waals surface area contributed by atoms with Crippen LogP contribution in [0.25, 0.3) is 0 Å². The molecule has 1 aromatic rings. The van der Waals surface area contributed by atoms with Crippen LogP contribution in [-0.4, -0.2) is 26.6 Å². The summed E-state index contributed by atoms with van der Waals surface area (Å²) in [5, 5.41) is 2.46. The molecule has 1 amide bonds. The minimum Gasteiger partial charge on any atom is -0.351 e. The fourth-order valence-electron chi connectivity index (χ4n) is 1.02. The molecule has 0 saturated heterocycles. The number of halogens is 2. The van der Waals surface area contributed by atoms with E-state index in [0.29, 0.717) is 5.56 Å². The van der Waals surface area contributed by atoms with Gasteiger partial charge in [0.15, 0.2) is 0 Å². The van der Waals surface area contributed by atoms with E-state index >= 15 is 0 Å². The predicted molar refractivity (Wildman–Crippen MR) is 66.1 cm³/mol. The molecule has 0 unspecified atom stereocenters. The lowest BCUT2D eigenvalue weighted by atomic mass is 10.2. The highest BCUT2D eigenvalue weighted by Gasteiger charge is 2.08. The first-order valence-corrected chi connectivity index (χ1v) is 7.62. The minimum absolute atomic E-state index is 0.00280. The molecular weight excluding hydrogens is 318 g/mol. The molecule has 0 aliphatic carbocycles. The lowest BCUT2D eigenvalue weighted by Crippen LogP contribution is -2.27. The maximum atomic E-state index is 11.5. The van der Waals surface area contributed by atoms with E-state index in [9.17, 15) is 13.2 Å². The first kappa shape index (κ1) is 13.5. The molecule has 7 heteroatoms. The summed E-state index contributed by atoms with van der Waals surface area (Å²) in [5.74, 6) is -0.615. The topological polar surface area (TPSA) is 63.2 Å². The lowest BCUT2D eigenvalue weighted by Gasteiger charge is -2.03. The van der Waals surface area contributed by atoms with Crippen molar-refractivity contribution >= 4 is 41.6 Å². The fraction of sp³-hybridized carbons (Fsp3) is 0.222. The highest BCUT2D eigenvalue weighted by atomic mass is 79.9. The van der Waals surface area contributed by atoms with Gasteiger partial charge in [-0.3, -0.25) is 4.79 Å². The molecule has 1 rings (SSSR count). The van der Waals surface area contributed by atoms with Crippen molar-refractivity contribution in [2.75, 3.05) is 12.3 Å². The molecule has 0 saturated carbocycles. The van der Waals surface area contributed by atoms with Crippen LogP contribution in [0.3, 0.4) is 0 Å². The number of benzene rings is 1. The number of hydrogen-bond acceptors (Lipinski definition) is 3. The molecule has 1 N–H and O–H groups in total. The van der Waals surface area contributed by atoms with E-state index in [0.717, 1.165) is 4.47 Å². The van der Waals surface area contributed by atoms with E-state index in [2.05, 4.69) is 21.2 Å². The van der Waals surface area contributed by atoms with Gasteiger partial charge < -0.3 is 5.32 Å². The van der Waals surface area contributed by atoms with E-state index in [1.807, 2.05) is 0 Å². The van der Waals surface area contributed by atoms with Gasteiger partial charge in [0.05, 0.1) is 5.75 Å². The maximum absolute atomic E-state index is 11.5. The van der Waals surface area contributed by atoms with Crippen molar-refractivity contribution in [3.8, 4) is 0 Å². The summed E-state index contributed by atoms with van der Waals surface area (Å²) in [5.41, 5.74) is 0.460. The van der Waals surface area contributed by atoms with Crippen LogP contribution in [0.2, 0.25) is 0 Å². The second-order valence-corrected chi connectivity index (χ2v) is 6.82. The normalized spacial score (nSPS) is 11.1. The Morgan fingerprint density at radius 1 is 1.44 bits per heavy atom. The molecule has 0 atom stereocenters. The monoisotopic (exact) mass is 325 g/mol. The number of carbonyl (C=O) groups is 1. The Morgan fingerprint density at radius 2 is 2.12 bits per heavy atom. The third-order valence-corrected chi connectivity index (χ3v) is 3.37. The highest BCUT2D eigenvalue weighted by molar-refractivity contribution is 9.10. The first-order chi connectivity index (χ1) is 7.38. The number of amides is 1. The molecule has 0 heterocycles. The van der Waals surface area contributed by atoms with Crippen molar-refractivity contribution in [3.05, 3.63) is 34.3 Å². The summed E-state index contributed by atoms with van der Waals surface area (Å²) in [6, 6.07) is 6.79. The van der Waals surface area contributed by atoms with E-state index in [-0.39, 0.29) is 18.2 Å². The van der Waals surface area contributed by atoms with Gasteiger partial charge in [-0.15, -0.1) is 0 Å². The third-order valence-electron chi connectivity index (χ3n) is 1.72. The molecule has 0 aliphatic heterocycles. The average Bonchev–Trinajstić information content (AvgIpc) is 2.15. The van der Waals surface area contributed by atoms with Crippen LogP contribution in [0, 0.1) is 0 Å². The summed E-state index contributed by atoms with van der Waals surface area (Å²) in [6.07, 6.45) is 0. The van der Waals surface area contributed by atoms with Gasteiger partial charge in [-0.2, -0.15) is 0 Å². The molecule has 0 radical (unpaired) electrons. The molecule has 16 heavy (non-hydrogen) atoms. The van der Waals surface area contributed by atoms with Crippen LogP contribution in [0.15, 0.2) is 28.7 Å². The fourth-order valence-corrected chi connectivity index (χ4v) is 1.99. The van der Waals surface area contributed by atoms with Crippen molar-refractivity contribution in [2.45, 2.75) is 0 Å². The zero-order chi connectivity index (χ0) is 12.2.